The first-order chi connectivity index (χ1) is 15.9. The zero-order valence-electron chi connectivity index (χ0n) is 17.7. The first kappa shape index (κ1) is 22.8. The Balaban J connectivity index is 1.73. The molecule has 0 N–H and O–H groups in total. The van der Waals surface area contributed by atoms with Crippen LogP contribution in [0.4, 0.5) is 13.2 Å². The van der Waals surface area contributed by atoms with Gasteiger partial charge in [0.25, 0.3) is 0 Å². The van der Waals surface area contributed by atoms with Crippen molar-refractivity contribution in [3.63, 3.8) is 0 Å². The molecular weight excluding hydrogens is 455 g/mol. The highest BCUT2D eigenvalue weighted by Gasteiger charge is 2.30. The number of nitrogens with zero attached hydrogens (tertiary/aromatic N) is 7. The Morgan fingerprint density at radius 2 is 1.48 bits per heavy atom. The fourth-order valence-corrected chi connectivity index (χ4v) is 3.93. The van der Waals surface area contributed by atoms with Gasteiger partial charge in [0.05, 0.1) is 23.6 Å². The van der Waals surface area contributed by atoms with Crippen LogP contribution in [0.15, 0.2) is 49.6 Å². The van der Waals surface area contributed by atoms with E-state index in [-0.39, 0.29) is 34.0 Å². The first-order valence-corrected chi connectivity index (χ1v) is 10.5. The molecule has 0 radical (unpaired) electrons. The Morgan fingerprint density at radius 1 is 0.848 bits per heavy atom. The van der Waals surface area contributed by atoms with Crippen molar-refractivity contribution in [3.05, 3.63) is 94.8 Å². The monoisotopic (exact) mass is 473 g/mol. The van der Waals surface area contributed by atoms with Gasteiger partial charge >= 0.3 is 0 Å². The van der Waals surface area contributed by atoms with Crippen molar-refractivity contribution in [2.24, 2.45) is 0 Å². The van der Waals surface area contributed by atoms with Crippen molar-refractivity contribution in [2.75, 3.05) is 0 Å². The maximum Gasteiger partial charge on any atom is 0.182 e. The van der Waals surface area contributed by atoms with Crippen LogP contribution in [0, 0.1) is 17.5 Å². The lowest BCUT2D eigenvalue weighted by Crippen LogP contribution is -2.19. The van der Waals surface area contributed by atoms with E-state index in [4.69, 9.17) is 11.6 Å². The molecule has 0 aliphatic carbocycles. The van der Waals surface area contributed by atoms with Crippen molar-refractivity contribution < 1.29 is 13.2 Å². The van der Waals surface area contributed by atoms with Crippen LogP contribution >= 0.6 is 11.6 Å². The second-order valence-electron chi connectivity index (χ2n) is 7.61. The van der Waals surface area contributed by atoms with Gasteiger partial charge in [-0.3, -0.25) is 4.68 Å². The minimum atomic E-state index is -0.834. The third-order valence-corrected chi connectivity index (χ3v) is 5.88. The number of benzene rings is 1. The maximum absolute atomic E-state index is 15.7. The molecule has 4 rings (SSSR count). The van der Waals surface area contributed by atoms with Gasteiger partial charge in [0.15, 0.2) is 16.8 Å². The standard InChI is InChI=1S/C22H19ClF3N7/c1-12(16(7-33-11-27-8-32-33)14-3-5-15(24)6-4-14)19-17(25)20(29-9-28-19)13(2)21-18(26)22(23)31-10-30-21/h3-6,8-13,16H,7H2,1-2H3. The summed E-state index contributed by atoms with van der Waals surface area (Å²) in [5.41, 5.74) is 0.838. The van der Waals surface area contributed by atoms with E-state index in [0.29, 0.717) is 6.54 Å². The molecule has 0 aliphatic heterocycles. The van der Waals surface area contributed by atoms with Crippen molar-refractivity contribution in [3.8, 4) is 0 Å². The average Bonchev–Trinajstić information content (AvgIpc) is 3.33. The number of halogens is 4. The van der Waals surface area contributed by atoms with Crippen LogP contribution < -0.4 is 0 Å². The van der Waals surface area contributed by atoms with E-state index in [0.717, 1.165) is 11.9 Å². The molecule has 0 bridgehead atoms. The number of hydrogen-bond acceptors (Lipinski definition) is 6. The summed E-state index contributed by atoms with van der Waals surface area (Å²) in [4.78, 5) is 19.7. The van der Waals surface area contributed by atoms with Gasteiger partial charge in [-0.05, 0) is 17.7 Å². The second-order valence-corrected chi connectivity index (χ2v) is 7.97. The summed E-state index contributed by atoms with van der Waals surface area (Å²) < 4.78 is 45.3. The van der Waals surface area contributed by atoms with Crippen LogP contribution in [-0.4, -0.2) is 34.7 Å². The third-order valence-electron chi connectivity index (χ3n) is 5.62. The highest BCUT2D eigenvalue weighted by molar-refractivity contribution is 6.29. The summed E-state index contributed by atoms with van der Waals surface area (Å²) in [5.74, 6) is -3.48. The Morgan fingerprint density at radius 3 is 2.15 bits per heavy atom. The zero-order valence-corrected chi connectivity index (χ0v) is 18.5. The third kappa shape index (κ3) is 4.70. The molecule has 4 aromatic rings. The molecule has 3 aromatic heterocycles. The Kier molecular flexibility index (Phi) is 6.64. The quantitative estimate of drug-likeness (QED) is 0.363. The Hall–Kier alpha value is -3.40. The first-order valence-electron chi connectivity index (χ1n) is 10.1. The van der Waals surface area contributed by atoms with Gasteiger partial charge in [-0.25, -0.2) is 38.1 Å². The van der Waals surface area contributed by atoms with Crippen LogP contribution in [0.2, 0.25) is 5.15 Å². The molecule has 0 spiro atoms. The molecule has 170 valence electrons. The van der Waals surface area contributed by atoms with Gasteiger partial charge in [-0.1, -0.05) is 37.6 Å². The van der Waals surface area contributed by atoms with E-state index in [9.17, 15) is 8.78 Å². The summed E-state index contributed by atoms with van der Waals surface area (Å²) in [6, 6.07) is 5.99. The molecule has 1 aromatic carbocycles. The molecule has 0 aliphatic rings. The maximum atomic E-state index is 15.7. The molecule has 33 heavy (non-hydrogen) atoms. The van der Waals surface area contributed by atoms with Crippen molar-refractivity contribution in [1.29, 1.82) is 0 Å². The molecule has 3 atom stereocenters. The Bertz CT molecular complexity index is 1240. The molecule has 3 heterocycles. The van der Waals surface area contributed by atoms with E-state index in [1.807, 2.05) is 6.92 Å². The van der Waals surface area contributed by atoms with Gasteiger partial charge in [0, 0.05) is 17.8 Å². The Labute approximate surface area is 192 Å². The average molecular weight is 474 g/mol. The van der Waals surface area contributed by atoms with Crippen LogP contribution in [0.5, 0.6) is 0 Å². The highest BCUT2D eigenvalue weighted by atomic mass is 35.5. The van der Waals surface area contributed by atoms with Gasteiger partial charge in [-0.2, -0.15) is 5.10 Å². The van der Waals surface area contributed by atoms with Crippen LogP contribution in [0.25, 0.3) is 0 Å². The fourth-order valence-electron chi connectivity index (χ4n) is 3.79. The summed E-state index contributed by atoms with van der Waals surface area (Å²) in [6.45, 7) is 3.75. The summed E-state index contributed by atoms with van der Waals surface area (Å²) in [7, 11) is 0. The lowest BCUT2D eigenvalue weighted by molar-refractivity contribution is 0.435. The largest absolute Gasteiger partial charge is 0.252 e. The predicted molar refractivity (Wildman–Crippen MR) is 114 cm³/mol. The van der Waals surface area contributed by atoms with Crippen LogP contribution in [0.3, 0.4) is 0 Å². The fraction of sp³-hybridized carbons (Fsp3) is 0.273. The summed E-state index contributed by atoms with van der Waals surface area (Å²) in [6.07, 6.45) is 5.30. The molecule has 3 unspecified atom stereocenters. The van der Waals surface area contributed by atoms with Crippen molar-refractivity contribution in [1.82, 2.24) is 34.7 Å². The molecule has 0 saturated carbocycles. The molecule has 0 amide bonds. The smallest absolute Gasteiger partial charge is 0.182 e. The molecule has 0 saturated heterocycles. The summed E-state index contributed by atoms with van der Waals surface area (Å²) >= 11 is 5.76. The van der Waals surface area contributed by atoms with Crippen molar-refractivity contribution in [2.45, 2.75) is 38.1 Å². The molecular formula is C22H19ClF3N7. The molecule has 11 heteroatoms. The predicted octanol–water partition coefficient (Wildman–Crippen LogP) is 4.67. The minimum Gasteiger partial charge on any atom is -0.252 e. The lowest BCUT2D eigenvalue weighted by Gasteiger charge is -2.25. The van der Waals surface area contributed by atoms with E-state index >= 15 is 4.39 Å². The van der Waals surface area contributed by atoms with Crippen molar-refractivity contribution >= 4 is 11.6 Å². The van der Waals surface area contributed by atoms with E-state index in [1.165, 1.54) is 24.8 Å². The minimum absolute atomic E-state index is 0.0147. The van der Waals surface area contributed by atoms with Gasteiger partial charge < -0.3 is 0 Å². The normalized spacial score (nSPS) is 14.1. The number of rotatable bonds is 7. The van der Waals surface area contributed by atoms with E-state index in [1.54, 1.807) is 30.1 Å². The van der Waals surface area contributed by atoms with E-state index < -0.39 is 23.5 Å². The topological polar surface area (TPSA) is 82.3 Å². The van der Waals surface area contributed by atoms with Gasteiger partial charge in [-0.15, -0.1) is 0 Å². The second kappa shape index (κ2) is 9.62. The van der Waals surface area contributed by atoms with Crippen LogP contribution in [0.1, 0.15) is 54.2 Å². The zero-order chi connectivity index (χ0) is 23.5. The summed E-state index contributed by atoms with van der Waals surface area (Å²) in [5, 5.41) is 3.79. The van der Waals surface area contributed by atoms with E-state index in [2.05, 4.69) is 30.0 Å². The van der Waals surface area contributed by atoms with Gasteiger partial charge in [0.2, 0.25) is 0 Å². The highest BCUT2D eigenvalue weighted by Crippen LogP contribution is 2.36. The number of aromatic nitrogens is 7. The molecule has 7 nitrogen and oxygen atoms in total. The van der Waals surface area contributed by atoms with Gasteiger partial charge in [0.1, 0.15) is 31.1 Å². The molecule has 0 fully saturated rings. The SMILES string of the molecule is CC(c1ncnc(Cl)c1F)c1ncnc(C(C)C(Cn2cncn2)c2ccc(F)cc2)c1F. The van der Waals surface area contributed by atoms with Crippen LogP contribution in [-0.2, 0) is 6.54 Å². The number of hydrogen-bond donors (Lipinski definition) is 0. The lowest BCUT2D eigenvalue weighted by atomic mass is 9.84.